The lowest BCUT2D eigenvalue weighted by Gasteiger charge is -2.29. The number of nitrogens with one attached hydrogen (secondary N) is 2. The number of carboxylic acids is 1. The summed E-state index contributed by atoms with van der Waals surface area (Å²) in [6, 6.07) is 11.9. The largest absolute Gasteiger partial charge is 0.504 e. The Labute approximate surface area is 144 Å². The minimum absolute atomic E-state index is 0.0497. The molecule has 0 unspecified atom stereocenters. The molecule has 2 heterocycles. The van der Waals surface area contributed by atoms with Crippen LogP contribution in [0.15, 0.2) is 42.5 Å². The molecular weight excluding hydrogens is 320 g/mol. The molecule has 0 fully saturated rings. The summed E-state index contributed by atoms with van der Waals surface area (Å²) in [5.41, 5.74) is 3.77. The Morgan fingerprint density at radius 3 is 2.80 bits per heavy atom. The molecule has 3 aromatic rings. The first kappa shape index (κ1) is 15.5. The van der Waals surface area contributed by atoms with Gasteiger partial charge in [-0.15, -0.1) is 0 Å². The maximum atomic E-state index is 11.6. The smallest absolute Gasteiger partial charge is 0.321 e. The summed E-state index contributed by atoms with van der Waals surface area (Å²) in [5.74, 6) is -0.477. The normalized spacial score (nSPS) is 19.6. The van der Waals surface area contributed by atoms with Crippen molar-refractivity contribution in [1.29, 1.82) is 0 Å². The SMILES string of the molecule is COc1cc([C@@H]2N[C@@H](C(=O)O)Cc3c2[nH]c2ccccc32)ccc1O. The molecule has 0 aliphatic carbocycles. The summed E-state index contributed by atoms with van der Waals surface area (Å²) in [5, 5.41) is 23.6. The van der Waals surface area contributed by atoms with Gasteiger partial charge in [0.05, 0.1) is 13.2 Å². The number of phenolic OH excluding ortho intramolecular Hbond substituents is 1. The third kappa shape index (κ3) is 2.51. The molecule has 0 radical (unpaired) electrons. The number of hydrogen-bond donors (Lipinski definition) is 4. The number of para-hydroxylation sites is 1. The van der Waals surface area contributed by atoms with Gasteiger partial charge in [-0.25, -0.2) is 0 Å². The molecule has 0 saturated carbocycles. The van der Waals surface area contributed by atoms with Crippen LogP contribution in [0.4, 0.5) is 0 Å². The van der Waals surface area contributed by atoms with E-state index in [0.717, 1.165) is 27.7 Å². The Hall–Kier alpha value is -2.99. The average Bonchev–Trinajstić information content (AvgIpc) is 3.00. The highest BCUT2D eigenvalue weighted by atomic mass is 16.5. The third-order valence-electron chi connectivity index (χ3n) is 4.75. The van der Waals surface area contributed by atoms with Gasteiger partial charge < -0.3 is 19.9 Å². The van der Waals surface area contributed by atoms with Crippen LogP contribution in [0.2, 0.25) is 0 Å². The molecule has 128 valence electrons. The molecule has 0 saturated heterocycles. The highest BCUT2D eigenvalue weighted by Crippen LogP contribution is 2.37. The lowest BCUT2D eigenvalue weighted by atomic mass is 9.90. The van der Waals surface area contributed by atoms with Crippen molar-refractivity contribution >= 4 is 16.9 Å². The second-order valence-corrected chi connectivity index (χ2v) is 6.19. The van der Waals surface area contributed by atoms with E-state index in [1.54, 1.807) is 18.2 Å². The zero-order valence-corrected chi connectivity index (χ0v) is 13.6. The average molecular weight is 338 g/mol. The highest BCUT2D eigenvalue weighted by molar-refractivity contribution is 5.87. The summed E-state index contributed by atoms with van der Waals surface area (Å²) in [4.78, 5) is 15.1. The van der Waals surface area contributed by atoms with Crippen LogP contribution in [0.1, 0.15) is 22.9 Å². The topological polar surface area (TPSA) is 94.6 Å². The van der Waals surface area contributed by atoms with Gasteiger partial charge in [-0.3, -0.25) is 10.1 Å². The molecule has 2 aromatic carbocycles. The van der Waals surface area contributed by atoms with Crippen molar-refractivity contribution in [2.45, 2.75) is 18.5 Å². The fraction of sp³-hybridized carbons (Fsp3) is 0.211. The Kier molecular flexibility index (Phi) is 3.62. The van der Waals surface area contributed by atoms with Crippen molar-refractivity contribution in [3.63, 3.8) is 0 Å². The molecule has 25 heavy (non-hydrogen) atoms. The number of ether oxygens (including phenoxy) is 1. The van der Waals surface area contributed by atoms with Gasteiger partial charge in [-0.2, -0.15) is 0 Å². The number of hydrogen-bond acceptors (Lipinski definition) is 4. The maximum absolute atomic E-state index is 11.6. The van der Waals surface area contributed by atoms with E-state index >= 15 is 0 Å². The van der Waals surface area contributed by atoms with E-state index in [2.05, 4.69) is 10.3 Å². The number of phenols is 1. The fourth-order valence-electron chi connectivity index (χ4n) is 3.53. The van der Waals surface area contributed by atoms with Crippen LogP contribution in [0.5, 0.6) is 11.5 Å². The van der Waals surface area contributed by atoms with Crippen LogP contribution in [-0.4, -0.2) is 34.3 Å². The van der Waals surface area contributed by atoms with E-state index in [0.29, 0.717) is 12.2 Å². The molecule has 0 spiro atoms. The van der Waals surface area contributed by atoms with Crippen molar-refractivity contribution in [3.05, 3.63) is 59.3 Å². The fourth-order valence-corrected chi connectivity index (χ4v) is 3.53. The highest BCUT2D eigenvalue weighted by Gasteiger charge is 2.34. The van der Waals surface area contributed by atoms with Gasteiger partial charge in [0.25, 0.3) is 0 Å². The van der Waals surface area contributed by atoms with Gasteiger partial charge in [0.2, 0.25) is 0 Å². The quantitative estimate of drug-likeness (QED) is 0.589. The van der Waals surface area contributed by atoms with Gasteiger partial charge >= 0.3 is 5.97 Å². The molecule has 6 heteroatoms. The molecule has 1 aliphatic heterocycles. The first-order valence-electron chi connectivity index (χ1n) is 8.03. The summed E-state index contributed by atoms with van der Waals surface area (Å²) in [7, 11) is 1.49. The number of H-pyrrole nitrogens is 1. The molecule has 1 aliphatic rings. The van der Waals surface area contributed by atoms with Gasteiger partial charge in [-0.05, 0) is 29.3 Å². The molecule has 2 atom stereocenters. The van der Waals surface area contributed by atoms with Crippen LogP contribution in [0.3, 0.4) is 0 Å². The monoisotopic (exact) mass is 338 g/mol. The number of aromatic amines is 1. The van der Waals surface area contributed by atoms with Crippen LogP contribution in [0, 0.1) is 0 Å². The van der Waals surface area contributed by atoms with Gasteiger partial charge in [0.1, 0.15) is 6.04 Å². The molecule has 4 rings (SSSR count). The standard InChI is InChI=1S/C19H18N2O4/c1-25-16-8-10(6-7-15(16)22)17-18-12(9-14(21-17)19(23)24)11-4-2-3-5-13(11)20-18/h2-8,14,17,20-22H,9H2,1H3,(H,23,24)/t14-,17+/m1/s1. The lowest BCUT2D eigenvalue weighted by Crippen LogP contribution is -2.44. The van der Waals surface area contributed by atoms with Crippen molar-refractivity contribution in [2.75, 3.05) is 7.11 Å². The molecular formula is C19H18N2O4. The van der Waals surface area contributed by atoms with Gasteiger partial charge in [-0.1, -0.05) is 24.3 Å². The predicted molar refractivity (Wildman–Crippen MR) is 93.1 cm³/mol. The molecule has 4 N–H and O–H groups in total. The van der Waals surface area contributed by atoms with Crippen molar-refractivity contribution < 1.29 is 19.7 Å². The van der Waals surface area contributed by atoms with E-state index in [4.69, 9.17) is 4.74 Å². The zero-order valence-electron chi connectivity index (χ0n) is 13.6. The van der Waals surface area contributed by atoms with E-state index in [1.165, 1.54) is 7.11 Å². The molecule has 0 amide bonds. The summed E-state index contributed by atoms with van der Waals surface area (Å²) >= 11 is 0. The first-order chi connectivity index (χ1) is 12.1. The Balaban J connectivity index is 1.89. The second-order valence-electron chi connectivity index (χ2n) is 6.19. The molecule has 0 bridgehead atoms. The van der Waals surface area contributed by atoms with Crippen LogP contribution in [0.25, 0.3) is 10.9 Å². The van der Waals surface area contributed by atoms with E-state index in [1.807, 2.05) is 24.3 Å². The number of aromatic hydroxyl groups is 1. The lowest BCUT2D eigenvalue weighted by molar-refractivity contribution is -0.139. The van der Waals surface area contributed by atoms with Crippen LogP contribution >= 0.6 is 0 Å². The van der Waals surface area contributed by atoms with Crippen LogP contribution < -0.4 is 10.1 Å². The predicted octanol–water partition coefficient (Wildman–Crippen LogP) is 2.57. The number of rotatable bonds is 3. The Bertz CT molecular complexity index is 963. The minimum Gasteiger partial charge on any atom is -0.504 e. The van der Waals surface area contributed by atoms with E-state index < -0.39 is 12.0 Å². The number of carbonyl (C=O) groups is 1. The van der Waals surface area contributed by atoms with Crippen molar-refractivity contribution in [2.24, 2.45) is 0 Å². The summed E-state index contributed by atoms with van der Waals surface area (Å²) < 4.78 is 5.19. The number of aliphatic carboxylic acids is 1. The molecule has 6 nitrogen and oxygen atoms in total. The van der Waals surface area contributed by atoms with Crippen molar-refractivity contribution in [3.8, 4) is 11.5 Å². The number of methoxy groups -OCH3 is 1. The van der Waals surface area contributed by atoms with E-state index in [-0.39, 0.29) is 11.8 Å². The number of benzene rings is 2. The maximum Gasteiger partial charge on any atom is 0.321 e. The number of carboxylic acid groups (broad SMARTS) is 1. The Morgan fingerprint density at radius 1 is 1.24 bits per heavy atom. The van der Waals surface area contributed by atoms with Gasteiger partial charge in [0.15, 0.2) is 11.5 Å². The zero-order chi connectivity index (χ0) is 17.6. The Morgan fingerprint density at radius 2 is 2.04 bits per heavy atom. The second kappa shape index (κ2) is 5.82. The first-order valence-corrected chi connectivity index (χ1v) is 8.03. The number of fused-ring (bicyclic) bond motifs is 3. The minimum atomic E-state index is -0.883. The number of aromatic nitrogens is 1. The molecule has 1 aromatic heterocycles. The van der Waals surface area contributed by atoms with E-state index in [9.17, 15) is 15.0 Å². The third-order valence-corrected chi connectivity index (χ3v) is 4.75. The summed E-state index contributed by atoms with van der Waals surface area (Å²) in [6.45, 7) is 0. The van der Waals surface area contributed by atoms with Crippen molar-refractivity contribution in [1.82, 2.24) is 10.3 Å². The summed E-state index contributed by atoms with van der Waals surface area (Å²) in [6.07, 6.45) is 0.417. The van der Waals surface area contributed by atoms with Gasteiger partial charge in [0, 0.05) is 23.0 Å². The van der Waals surface area contributed by atoms with Crippen LogP contribution in [-0.2, 0) is 11.2 Å².